The Bertz CT molecular complexity index is 285. The van der Waals surface area contributed by atoms with Gasteiger partial charge in [-0.25, -0.2) is 0 Å². The van der Waals surface area contributed by atoms with Crippen molar-refractivity contribution in [1.82, 2.24) is 4.90 Å². The molecular weight excluding hydrogens is 192 g/mol. The van der Waals surface area contributed by atoms with E-state index in [4.69, 9.17) is 10.00 Å². The van der Waals surface area contributed by atoms with Crippen LogP contribution in [0.5, 0.6) is 0 Å². The maximum Gasteiger partial charge on any atom is 0.237 e. The van der Waals surface area contributed by atoms with Crippen molar-refractivity contribution in [2.24, 2.45) is 5.92 Å². The van der Waals surface area contributed by atoms with Crippen LogP contribution in [-0.2, 0) is 9.53 Å². The summed E-state index contributed by atoms with van der Waals surface area (Å²) < 4.78 is 5.49. The summed E-state index contributed by atoms with van der Waals surface area (Å²) in [4.78, 5) is 13.6. The van der Waals surface area contributed by atoms with Crippen LogP contribution in [-0.4, -0.2) is 36.6 Å². The normalized spacial score (nSPS) is 30.5. The minimum absolute atomic E-state index is 0.00319. The van der Waals surface area contributed by atoms with Gasteiger partial charge in [0.2, 0.25) is 5.91 Å². The number of amides is 1. The summed E-state index contributed by atoms with van der Waals surface area (Å²) in [5.41, 5.74) is 0. The molecule has 1 heterocycles. The Morgan fingerprint density at radius 1 is 1.53 bits per heavy atom. The number of ether oxygens (including phenoxy) is 1. The number of hydrogen-bond acceptors (Lipinski definition) is 3. The quantitative estimate of drug-likeness (QED) is 0.644. The van der Waals surface area contributed by atoms with Crippen molar-refractivity contribution in [2.45, 2.75) is 31.7 Å². The topological polar surface area (TPSA) is 53.3 Å². The molecule has 1 saturated heterocycles. The molecule has 0 N–H and O–H groups in total. The lowest BCUT2D eigenvalue weighted by Gasteiger charge is -2.29. The number of fused-ring (bicyclic) bond motifs is 1. The number of carbonyl (C=O) groups is 1. The summed E-state index contributed by atoms with van der Waals surface area (Å²) in [6.07, 6.45) is 3.41. The van der Waals surface area contributed by atoms with Gasteiger partial charge in [0.15, 0.2) is 0 Å². The second-order valence-electron chi connectivity index (χ2n) is 4.26. The highest BCUT2D eigenvalue weighted by Gasteiger charge is 2.36. The highest BCUT2D eigenvalue weighted by atomic mass is 16.5. The van der Waals surface area contributed by atoms with E-state index in [0.717, 1.165) is 19.4 Å². The molecule has 0 radical (unpaired) electrons. The zero-order valence-corrected chi connectivity index (χ0v) is 8.82. The number of carbonyl (C=O) groups excluding carboxylic acids is 1. The highest BCUT2D eigenvalue weighted by molar-refractivity contribution is 5.78. The van der Waals surface area contributed by atoms with Gasteiger partial charge in [-0.15, -0.1) is 0 Å². The van der Waals surface area contributed by atoms with E-state index < -0.39 is 0 Å². The van der Waals surface area contributed by atoms with Crippen molar-refractivity contribution in [1.29, 1.82) is 5.26 Å². The van der Waals surface area contributed by atoms with Gasteiger partial charge in [0, 0.05) is 18.5 Å². The van der Waals surface area contributed by atoms with E-state index in [0.29, 0.717) is 25.1 Å². The largest absolute Gasteiger partial charge is 0.379 e. The zero-order valence-electron chi connectivity index (χ0n) is 8.82. The molecule has 4 heteroatoms. The summed E-state index contributed by atoms with van der Waals surface area (Å²) >= 11 is 0. The summed E-state index contributed by atoms with van der Waals surface area (Å²) in [6.45, 7) is 2.05. The van der Waals surface area contributed by atoms with Crippen molar-refractivity contribution >= 4 is 5.91 Å². The lowest BCUT2D eigenvalue weighted by molar-refractivity contribution is -0.132. The molecule has 1 amide bonds. The van der Waals surface area contributed by atoms with Crippen LogP contribution in [0.25, 0.3) is 0 Å². The van der Waals surface area contributed by atoms with Crippen LogP contribution < -0.4 is 0 Å². The second-order valence-corrected chi connectivity index (χ2v) is 4.26. The summed E-state index contributed by atoms with van der Waals surface area (Å²) in [5, 5.41) is 8.55. The van der Waals surface area contributed by atoms with Crippen molar-refractivity contribution in [3.63, 3.8) is 0 Å². The molecule has 15 heavy (non-hydrogen) atoms. The summed E-state index contributed by atoms with van der Waals surface area (Å²) in [5.74, 6) is 0.468. The standard InChI is InChI=1S/C11H16N2O2/c12-5-4-11(14)13-6-7-15-8-9-2-1-3-10(9)13/h9-10H,1-4,6-8H2. The first-order valence-corrected chi connectivity index (χ1v) is 5.57. The summed E-state index contributed by atoms with van der Waals surface area (Å²) in [6, 6.07) is 2.26. The average molecular weight is 208 g/mol. The van der Waals surface area contributed by atoms with Gasteiger partial charge < -0.3 is 9.64 Å². The fourth-order valence-corrected chi connectivity index (χ4v) is 2.66. The lowest BCUT2D eigenvalue weighted by Crippen LogP contribution is -2.42. The first kappa shape index (κ1) is 10.4. The van der Waals surface area contributed by atoms with Crippen molar-refractivity contribution in [2.75, 3.05) is 19.8 Å². The molecule has 4 nitrogen and oxygen atoms in total. The van der Waals surface area contributed by atoms with Crippen molar-refractivity contribution in [3.8, 4) is 6.07 Å². The molecule has 1 aliphatic carbocycles. The van der Waals surface area contributed by atoms with Crippen LogP contribution in [0, 0.1) is 17.2 Å². The molecule has 1 saturated carbocycles. The Labute approximate surface area is 89.8 Å². The van der Waals surface area contributed by atoms with E-state index in [1.807, 2.05) is 11.0 Å². The van der Waals surface area contributed by atoms with E-state index >= 15 is 0 Å². The van der Waals surface area contributed by atoms with Gasteiger partial charge in [-0.2, -0.15) is 5.26 Å². The van der Waals surface area contributed by atoms with Gasteiger partial charge in [-0.05, 0) is 12.8 Å². The van der Waals surface area contributed by atoms with Crippen LogP contribution in [0.2, 0.25) is 0 Å². The number of nitriles is 1. The maximum atomic E-state index is 11.7. The van der Waals surface area contributed by atoms with Gasteiger partial charge in [0.25, 0.3) is 0 Å². The predicted molar refractivity (Wildman–Crippen MR) is 53.9 cm³/mol. The van der Waals surface area contributed by atoms with Gasteiger partial charge in [-0.3, -0.25) is 4.79 Å². The highest BCUT2D eigenvalue weighted by Crippen LogP contribution is 2.31. The van der Waals surface area contributed by atoms with Gasteiger partial charge >= 0.3 is 0 Å². The van der Waals surface area contributed by atoms with Crippen molar-refractivity contribution < 1.29 is 9.53 Å². The summed E-state index contributed by atoms with van der Waals surface area (Å²) in [7, 11) is 0. The van der Waals surface area contributed by atoms with Crippen LogP contribution in [0.4, 0.5) is 0 Å². The number of hydrogen-bond donors (Lipinski definition) is 0. The fourth-order valence-electron chi connectivity index (χ4n) is 2.66. The molecule has 0 spiro atoms. The van der Waals surface area contributed by atoms with Crippen LogP contribution in [0.3, 0.4) is 0 Å². The minimum atomic E-state index is -0.0279. The molecule has 2 rings (SSSR count). The number of rotatable bonds is 1. The van der Waals surface area contributed by atoms with E-state index in [1.54, 1.807) is 0 Å². The molecule has 2 unspecified atom stereocenters. The third kappa shape index (κ3) is 2.13. The predicted octanol–water partition coefficient (Wildman–Crippen LogP) is 0.928. The van der Waals surface area contributed by atoms with Gasteiger partial charge in [-0.1, -0.05) is 6.42 Å². The van der Waals surface area contributed by atoms with E-state index in [2.05, 4.69) is 0 Å². The Balaban J connectivity index is 2.07. The molecule has 82 valence electrons. The molecule has 2 aliphatic rings. The number of nitrogens with zero attached hydrogens (tertiary/aromatic N) is 2. The Hall–Kier alpha value is -1.08. The van der Waals surface area contributed by atoms with Crippen LogP contribution in [0.15, 0.2) is 0 Å². The average Bonchev–Trinajstić information content (AvgIpc) is 2.58. The van der Waals surface area contributed by atoms with E-state index in [1.165, 1.54) is 6.42 Å². The molecule has 0 bridgehead atoms. The molecule has 0 aromatic carbocycles. The molecule has 0 aromatic heterocycles. The third-order valence-corrected chi connectivity index (χ3v) is 3.38. The first-order valence-electron chi connectivity index (χ1n) is 5.57. The monoisotopic (exact) mass is 208 g/mol. The van der Waals surface area contributed by atoms with Crippen molar-refractivity contribution in [3.05, 3.63) is 0 Å². The van der Waals surface area contributed by atoms with E-state index in [9.17, 15) is 4.79 Å². The Kier molecular flexibility index (Phi) is 3.22. The molecular formula is C11H16N2O2. The zero-order chi connectivity index (χ0) is 10.7. The minimum Gasteiger partial charge on any atom is -0.379 e. The molecule has 2 fully saturated rings. The van der Waals surface area contributed by atoms with Gasteiger partial charge in [0.1, 0.15) is 6.42 Å². The van der Waals surface area contributed by atoms with Gasteiger partial charge in [0.05, 0.1) is 19.3 Å². The fraction of sp³-hybridized carbons (Fsp3) is 0.818. The molecule has 1 aliphatic heterocycles. The SMILES string of the molecule is N#CCC(=O)N1CCOCC2CCCC21. The maximum absolute atomic E-state index is 11.7. The second kappa shape index (κ2) is 4.63. The lowest BCUT2D eigenvalue weighted by atomic mass is 10.0. The first-order chi connectivity index (χ1) is 7.33. The van der Waals surface area contributed by atoms with E-state index in [-0.39, 0.29) is 12.3 Å². The smallest absolute Gasteiger partial charge is 0.237 e. The van der Waals surface area contributed by atoms with Crippen LogP contribution >= 0.6 is 0 Å². The Morgan fingerprint density at radius 2 is 2.40 bits per heavy atom. The Morgan fingerprint density at radius 3 is 3.20 bits per heavy atom. The van der Waals surface area contributed by atoms with Crippen LogP contribution in [0.1, 0.15) is 25.7 Å². The third-order valence-electron chi connectivity index (χ3n) is 3.38. The molecule has 2 atom stereocenters. The molecule has 0 aromatic rings.